The summed E-state index contributed by atoms with van der Waals surface area (Å²) in [6.45, 7) is -0.450. The molecule has 0 aliphatic carbocycles. The number of aliphatic hydroxyl groups excluding tert-OH is 2. The van der Waals surface area contributed by atoms with Crippen LogP contribution in [-0.4, -0.2) is 65.4 Å². The van der Waals surface area contributed by atoms with E-state index in [1.807, 2.05) is 0 Å². The summed E-state index contributed by atoms with van der Waals surface area (Å²) >= 11 is 0. The molecule has 5 atom stereocenters. The molecular formula is C27H24O9. The maximum absolute atomic E-state index is 12.7. The molecule has 0 aromatic heterocycles. The average Bonchev–Trinajstić information content (AvgIpc) is 2.92. The van der Waals surface area contributed by atoms with Gasteiger partial charge in [-0.2, -0.15) is 0 Å². The topological polar surface area (TPSA) is 129 Å². The maximum atomic E-state index is 12.7. The van der Waals surface area contributed by atoms with Gasteiger partial charge in [-0.15, -0.1) is 0 Å². The number of benzene rings is 3. The molecule has 0 bridgehead atoms. The van der Waals surface area contributed by atoms with Gasteiger partial charge < -0.3 is 29.2 Å². The van der Waals surface area contributed by atoms with Crippen molar-refractivity contribution >= 4 is 17.9 Å². The van der Waals surface area contributed by atoms with E-state index in [1.165, 1.54) is 24.3 Å². The van der Waals surface area contributed by atoms with Gasteiger partial charge in [0.05, 0.1) is 16.7 Å². The molecule has 3 aromatic rings. The molecule has 0 amide bonds. The minimum atomic E-state index is -1.78. The van der Waals surface area contributed by atoms with Crippen molar-refractivity contribution in [1.82, 2.24) is 0 Å². The van der Waals surface area contributed by atoms with Crippen LogP contribution in [0.1, 0.15) is 31.1 Å². The van der Waals surface area contributed by atoms with Gasteiger partial charge in [-0.1, -0.05) is 54.6 Å². The first-order valence-corrected chi connectivity index (χ1v) is 11.2. The fourth-order valence-electron chi connectivity index (χ4n) is 3.66. The zero-order valence-corrected chi connectivity index (χ0v) is 19.0. The molecular weight excluding hydrogens is 468 g/mol. The third-order valence-corrected chi connectivity index (χ3v) is 5.53. The molecule has 3 aromatic carbocycles. The molecule has 9 heteroatoms. The second-order valence-electron chi connectivity index (χ2n) is 7.99. The van der Waals surface area contributed by atoms with Crippen molar-refractivity contribution in [3.05, 3.63) is 108 Å². The van der Waals surface area contributed by atoms with Gasteiger partial charge in [-0.25, -0.2) is 14.4 Å². The van der Waals surface area contributed by atoms with Crippen LogP contribution in [0.3, 0.4) is 0 Å². The number of hydrogen-bond acceptors (Lipinski definition) is 9. The summed E-state index contributed by atoms with van der Waals surface area (Å²) in [4.78, 5) is 37.6. The number of esters is 3. The van der Waals surface area contributed by atoms with Gasteiger partial charge in [-0.05, 0) is 36.4 Å². The largest absolute Gasteiger partial charge is 0.459 e. The van der Waals surface area contributed by atoms with Crippen molar-refractivity contribution in [2.24, 2.45) is 0 Å². The number of rotatable bonds is 7. The van der Waals surface area contributed by atoms with Crippen LogP contribution >= 0.6 is 0 Å². The molecule has 4 rings (SSSR count). The van der Waals surface area contributed by atoms with Crippen LogP contribution in [0.2, 0.25) is 0 Å². The predicted molar refractivity (Wildman–Crippen MR) is 125 cm³/mol. The zero-order chi connectivity index (χ0) is 25.5. The number of carbonyl (C=O) groups excluding carboxylic acids is 3. The van der Waals surface area contributed by atoms with E-state index in [2.05, 4.69) is 0 Å². The maximum Gasteiger partial charge on any atom is 0.338 e. The van der Waals surface area contributed by atoms with E-state index in [9.17, 15) is 24.6 Å². The average molecular weight is 492 g/mol. The summed E-state index contributed by atoms with van der Waals surface area (Å²) in [5.74, 6) is -2.27. The molecule has 186 valence electrons. The molecule has 0 radical (unpaired) electrons. The molecule has 2 N–H and O–H groups in total. The van der Waals surface area contributed by atoms with Gasteiger partial charge in [-0.3, -0.25) is 0 Å². The van der Waals surface area contributed by atoms with Crippen LogP contribution in [0.4, 0.5) is 0 Å². The lowest BCUT2D eigenvalue weighted by Gasteiger charge is -2.41. The highest BCUT2D eigenvalue weighted by molar-refractivity contribution is 5.90. The van der Waals surface area contributed by atoms with Crippen molar-refractivity contribution in [2.75, 3.05) is 6.61 Å². The van der Waals surface area contributed by atoms with E-state index in [-0.39, 0.29) is 16.7 Å². The Morgan fingerprint density at radius 2 is 1.06 bits per heavy atom. The van der Waals surface area contributed by atoms with Crippen LogP contribution in [-0.2, 0) is 18.9 Å². The first kappa shape index (κ1) is 25.1. The second kappa shape index (κ2) is 11.6. The SMILES string of the molecule is O=C(OC[C@H]1O[C@H](O)[C@H](OC(=O)c2ccccc2)[C@@H](O)[C@H]1OC(=O)c1ccccc1)c1ccccc1. The third-order valence-electron chi connectivity index (χ3n) is 5.53. The fourth-order valence-corrected chi connectivity index (χ4v) is 3.66. The van der Waals surface area contributed by atoms with Crippen molar-refractivity contribution in [3.8, 4) is 0 Å². The molecule has 1 heterocycles. The number of hydrogen-bond donors (Lipinski definition) is 2. The van der Waals surface area contributed by atoms with Crippen molar-refractivity contribution < 1.29 is 43.5 Å². The zero-order valence-electron chi connectivity index (χ0n) is 19.0. The fraction of sp³-hybridized carbons (Fsp3) is 0.222. The molecule has 0 spiro atoms. The Labute approximate surface area is 206 Å². The van der Waals surface area contributed by atoms with E-state index in [0.29, 0.717) is 0 Å². The second-order valence-corrected chi connectivity index (χ2v) is 7.99. The molecule has 1 aliphatic rings. The Morgan fingerprint density at radius 1 is 0.639 bits per heavy atom. The third kappa shape index (κ3) is 5.95. The summed E-state index contributed by atoms with van der Waals surface area (Å²) < 4.78 is 21.6. The van der Waals surface area contributed by atoms with Gasteiger partial charge in [0.2, 0.25) is 0 Å². The molecule has 36 heavy (non-hydrogen) atoms. The van der Waals surface area contributed by atoms with Crippen LogP contribution < -0.4 is 0 Å². The van der Waals surface area contributed by atoms with E-state index in [0.717, 1.165) is 0 Å². The molecule has 0 unspecified atom stereocenters. The Morgan fingerprint density at radius 3 is 1.53 bits per heavy atom. The molecule has 1 aliphatic heterocycles. The summed E-state index contributed by atoms with van der Waals surface area (Å²) in [5.41, 5.74) is 0.671. The minimum Gasteiger partial charge on any atom is -0.459 e. The van der Waals surface area contributed by atoms with Crippen molar-refractivity contribution in [2.45, 2.75) is 30.7 Å². The molecule has 1 fully saturated rings. The van der Waals surface area contributed by atoms with Gasteiger partial charge >= 0.3 is 17.9 Å². The highest BCUT2D eigenvalue weighted by atomic mass is 16.7. The first-order chi connectivity index (χ1) is 17.4. The smallest absolute Gasteiger partial charge is 0.338 e. The Balaban J connectivity index is 1.52. The predicted octanol–water partition coefficient (Wildman–Crippen LogP) is 2.37. The minimum absolute atomic E-state index is 0.189. The quantitative estimate of drug-likeness (QED) is 0.377. The Kier molecular flexibility index (Phi) is 8.06. The van der Waals surface area contributed by atoms with Gasteiger partial charge in [0.1, 0.15) is 18.8 Å². The van der Waals surface area contributed by atoms with E-state index >= 15 is 0 Å². The monoisotopic (exact) mass is 492 g/mol. The first-order valence-electron chi connectivity index (χ1n) is 11.2. The van der Waals surface area contributed by atoms with Gasteiger partial charge in [0.25, 0.3) is 0 Å². The lowest BCUT2D eigenvalue weighted by atomic mass is 9.98. The van der Waals surface area contributed by atoms with Crippen LogP contribution in [0, 0.1) is 0 Å². The number of ether oxygens (including phenoxy) is 4. The van der Waals surface area contributed by atoms with Crippen LogP contribution in [0.5, 0.6) is 0 Å². The summed E-state index contributed by atoms with van der Waals surface area (Å²) in [7, 11) is 0. The van der Waals surface area contributed by atoms with E-state index < -0.39 is 55.2 Å². The van der Waals surface area contributed by atoms with Gasteiger partial charge in [0, 0.05) is 0 Å². The Hall–Kier alpha value is -4.05. The summed E-state index contributed by atoms with van der Waals surface area (Å²) in [5, 5.41) is 21.5. The lowest BCUT2D eigenvalue weighted by Crippen LogP contribution is -2.61. The van der Waals surface area contributed by atoms with Crippen LogP contribution in [0.15, 0.2) is 91.0 Å². The number of aliphatic hydroxyl groups is 2. The van der Waals surface area contributed by atoms with Crippen molar-refractivity contribution in [3.63, 3.8) is 0 Å². The van der Waals surface area contributed by atoms with Crippen LogP contribution in [0.25, 0.3) is 0 Å². The van der Waals surface area contributed by atoms with Crippen molar-refractivity contribution in [1.29, 1.82) is 0 Å². The van der Waals surface area contributed by atoms with E-state index in [4.69, 9.17) is 18.9 Å². The number of carbonyl (C=O) groups is 3. The molecule has 9 nitrogen and oxygen atoms in total. The van der Waals surface area contributed by atoms with E-state index in [1.54, 1.807) is 66.7 Å². The highest BCUT2D eigenvalue weighted by Crippen LogP contribution is 2.27. The summed E-state index contributed by atoms with van der Waals surface area (Å²) in [6.07, 6.45) is -7.72. The van der Waals surface area contributed by atoms with Gasteiger partial charge in [0.15, 0.2) is 18.5 Å². The normalized spacial score (nSPS) is 23.3. The highest BCUT2D eigenvalue weighted by Gasteiger charge is 2.49. The standard InChI is InChI=1S/C27H24O9/c28-21-22(35-25(30)18-12-6-2-7-13-18)20(16-33-24(29)17-10-4-1-5-11-17)34-27(32)23(21)36-26(31)19-14-8-3-9-15-19/h1-15,20-23,27-28,32H,16H2/t20-,21+,22+,23-,27+/m1/s1. The lowest BCUT2D eigenvalue weighted by molar-refractivity contribution is -0.284. The molecule has 0 saturated carbocycles. The Bertz CT molecular complexity index is 1170. The summed E-state index contributed by atoms with van der Waals surface area (Å²) in [6, 6.07) is 24.2. The molecule has 1 saturated heterocycles.